The van der Waals surface area contributed by atoms with Gasteiger partial charge in [-0.3, -0.25) is 9.78 Å². The minimum atomic E-state index is -4.16. The number of carbonyl (C=O) groups excluding carboxylic acids is 1. The summed E-state index contributed by atoms with van der Waals surface area (Å²) in [5, 5.41) is 11.7. The molecule has 7 heteroatoms. The number of nitrogens with zero attached hydrogens (tertiary/aromatic N) is 2. The second-order valence-electron chi connectivity index (χ2n) is 6.18. The molecule has 1 N–H and O–H groups in total. The lowest BCUT2D eigenvalue weighted by Gasteiger charge is -2.24. The van der Waals surface area contributed by atoms with Crippen molar-refractivity contribution in [2.75, 3.05) is 6.54 Å². The van der Waals surface area contributed by atoms with Gasteiger partial charge in [-0.25, -0.2) is 0 Å². The first kappa shape index (κ1) is 17.9. The second-order valence-corrected chi connectivity index (χ2v) is 6.18. The van der Waals surface area contributed by atoms with Gasteiger partial charge in [0.25, 0.3) is 5.91 Å². The van der Waals surface area contributed by atoms with E-state index in [1.54, 1.807) is 24.3 Å². The minimum absolute atomic E-state index is 0.0239. The number of fused-ring (bicyclic) bond motifs is 1. The molecule has 1 aromatic carbocycles. The van der Waals surface area contributed by atoms with Crippen molar-refractivity contribution in [3.05, 3.63) is 47.7 Å². The zero-order chi connectivity index (χ0) is 18.7. The fourth-order valence-corrected chi connectivity index (χ4v) is 3.14. The molecule has 1 atom stereocenters. The number of alkyl halides is 3. The molecule has 0 radical (unpaired) electrons. The normalized spacial score (nSPS) is 17.5. The van der Waals surface area contributed by atoms with Crippen LogP contribution in [0, 0.1) is 17.2 Å². The number of hydrogen-bond donors (Lipinski definition) is 1. The highest BCUT2D eigenvalue weighted by atomic mass is 19.4. The highest BCUT2D eigenvalue weighted by Crippen LogP contribution is 2.40. The van der Waals surface area contributed by atoms with E-state index in [1.165, 1.54) is 6.20 Å². The summed E-state index contributed by atoms with van der Waals surface area (Å²) in [4.78, 5) is 16.3. The Balaban J connectivity index is 1.90. The van der Waals surface area contributed by atoms with Gasteiger partial charge in [-0.15, -0.1) is 0 Å². The van der Waals surface area contributed by atoms with E-state index in [2.05, 4.69) is 10.3 Å². The van der Waals surface area contributed by atoms with E-state index in [0.29, 0.717) is 17.5 Å². The summed E-state index contributed by atoms with van der Waals surface area (Å²) >= 11 is 0. The van der Waals surface area contributed by atoms with Gasteiger partial charge in [-0.2, -0.15) is 18.4 Å². The van der Waals surface area contributed by atoms with Crippen molar-refractivity contribution in [2.24, 2.45) is 5.92 Å². The van der Waals surface area contributed by atoms with Gasteiger partial charge in [0, 0.05) is 17.1 Å². The molecule has 0 saturated carbocycles. The molecule has 1 amide bonds. The van der Waals surface area contributed by atoms with Crippen LogP contribution in [0.2, 0.25) is 0 Å². The van der Waals surface area contributed by atoms with Gasteiger partial charge >= 0.3 is 6.18 Å². The Hall–Kier alpha value is -2.88. The quantitative estimate of drug-likeness (QED) is 0.834. The molecule has 1 heterocycles. The van der Waals surface area contributed by atoms with Gasteiger partial charge in [0.1, 0.15) is 6.54 Å². The minimum Gasteiger partial charge on any atom is -0.339 e. The Bertz CT molecular complexity index is 912. The maximum Gasteiger partial charge on any atom is 0.392 e. The van der Waals surface area contributed by atoms with Crippen LogP contribution >= 0.6 is 0 Å². The standard InChI is InChI=1S/C19H16F3N3O/c20-19(21,22)15-6-4-12(5-7-15)16-3-1-2-13-10-14(11-25-17(13)16)18(26)24-9-8-23/h1-4,10-11,15H,5-7,9H2,(H,24,26). The lowest BCUT2D eigenvalue weighted by atomic mass is 9.85. The third-order valence-electron chi connectivity index (χ3n) is 4.52. The Morgan fingerprint density at radius 3 is 2.85 bits per heavy atom. The summed E-state index contributed by atoms with van der Waals surface area (Å²) < 4.78 is 38.5. The molecule has 134 valence electrons. The first-order chi connectivity index (χ1) is 12.4. The fraction of sp³-hybridized carbons (Fsp3) is 0.316. The number of aromatic nitrogens is 1. The number of hydrogen-bond acceptors (Lipinski definition) is 3. The first-order valence-corrected chi connectivity index (χ1v) is 8.20. The number of nitrogens with one attached hydrogen (secondary N) is 1. The maximum atomic E-state index is 12.8. The molecule has 4 nitrogen and oxygen atoms in total. The molecule has 0 spiro atoms. The smallest absolute Gasteiger partial charge is 0.339 e. The molecule has 1 unspecified atom stereocenters. The van der Waals surface area contributed by atoms with Crippen LogP contribution in [-0.2, 0) is 0 Å². The number of nitriles is 1. The van der Waals surface area contributed by atoms with Gasteiger partial charge in [0.05, 0.1) is 23.1 Å². The fourth-order valence-electron chi connectivity index (χ4n) is 3.14. The number of carbonyl (C=O) groups is 1. The van der Waals surface area contributed by atoms with Crippen molar-refractivity contribution in [1.82, 2.24) is 10.3 Å². The van der Waals surface area contributed by atoms with E-state index in [1.807, 2.05) is 12.1 Å². The van der Waals surface area contributed by atoms with Crippen LogP contribution in [0.15, 0.2) is 36.5 Å². The van der Waals surface area contributed by atoms with Crippen molar-refractivity contribution in [3.8, 4) is 6.07 Å². The summed E-state index contributed by atoms with van der Waals surface area (Å²) in [6, 6.07) is 8.94. The molecule has 1 aliphatic rings. The summed E-state index contributed by atoms with van der Waals surface area (Å²) in [6.45, 7) is -0.0931. The molecule has 3 rings (SSSR count). The molecule has 2 aromatic rings. The molecule has 26 heavy (non-hydrogen) atoms. The highest BCUT2D eigenvalue weighted by Gasteiger charge is 2.39. The van der Waals surface area contributed by atoms with Crippen molar-refractivity contribution in [1.29, 1.82) is 5.26 Å². The Labute approximate surface area is 148 Å². The number of amides is 1. The molecule has 0 saturated heterocycles. The van der Waals surface area contributed by atoms with Gasteiger partial charge in [0.15, 0.2) is 0 Å². The van der Waals surface area contributed by atoms with Crippen molar-refractivity contribution < 1.29 is 18.0 Å². The largest absolute Gasteiger partial charge is 0.392 e. The average Bonchev–Trinajstić information content (AvgIpc) is 2.64. The van der Waals surface area contributed by atoms with Crippen LogP contribution in [0.25, 0.3) is 16.5 Å². The van der Waals surface area contributed by atoms with E-state index in [-0.39, 0.29) is 19.4 Å². The van der Waals surface area contributed by atoms with Crippen molar-refractivity contribution in [3.63, 3.8) is 0 Å². The van der Waals surface area contributed by atoms with E-state index < -0.39 is 18.0 Å². The van der Waals surface area contributed by atoms with Crippen LogP contribution in [0.1, 0.15) is 35.2 Å². The third-order valence-corrected chi connectivity index (χ3v) is 4.52. The summed E-state index contributed by atoms with van der Waals surface area (Å²) in [6.07, 6.45) is -0.712. The summed E-state index contributed by atoms with van der Waals surface area (Å²) in [5.41, 5.74) is 2.64. The monoisotopic (exact) mass is 359 g/mol. The second kappa shape index (κ2) is 7.16. The number of benzene rings is 1. The van der Waals surface area contributed by atoms with Crippen molar-refractivity contribution >= 4 is 22.4 Å². The average molecular weight is 359 g/mol. The Kier molecular flexibility index (Phi) is 4.94. The lowest BCUT2D eigenvalue weighted by molar-refractivity contribution is -0.175. The third kappa shape index (κ3) is 3.69. The topological polar surface area (TPSA) is 65.8 Å². The van der Waals surface area contributed by atoms with E-state index in [4.69, 9.17) is 5.26 Å². The van der Waals surface area contributed by atoms with Crippen LogP contribution in [0.5, 0.6) is 0 Å². The van der Waals surface area contributed by atoms with Crippen LogP contribution < -0.4 is 5.32 Å². The van der Waals surface area contributed by atoms with Crippen LogP contribution in [0.3, 0.4) is 0 Å². The molecule has 0 fully saturated rings. The van der Waals surface area contributed by atoms with E-state index in [0.717, 1.165) is 16.5 Å². The maximum absolute atomic E-state index is 12.8. The predicted octanol–water partition coefficient (Wildman–Crippen LogP) is 4.23. The number of rotatable bonds is 3. The Morgan fingerprint density at radius 2 is 2.19 bits per heavy atom. The molecule has 1 aromatic heterocycles. The molecular weight excluding hydrogens is 343 g/mol. The van der Waals surface area contributed by atoms with Crippen LogP contribution in [-0.4, -0.2) is 23.6 Å². The van der Waals surface area contributed by atoms with Crippen molar-refractivity contribution in [2.45, 2.75) is 25.4 Å². The van der Waals surface area contributed by atoms with E-state index >= 15 is 0 Å². The Morgan fingerprint density at radius 1 is 1.38 bits per heavy atom. The SMILES string of the molecule is N#CCNC(=O)c1cnc2c(C3=CCC(C(F)(F)F)CC3)cccc2c1. The number of allylic oxidation sites excluding steroid dienone is 2. The van der Waals surface area contributed by atoms with E-state index in [9.17, 15) is 18.0 Å². The first-order valence-electron chi connectivity index (χ1n) is 8.20. The van der Waals surface area contributed by atoms with Gasteiger partial charge in [0.2, 0.25) is 0 Å². The zero-order valence-corrected chi connectivity index (χ0v) is 13.8. The highest BCUT2D eigenvalue weighted by molar-refractivity contribution is 5.99. The van der Waals surface area contributed by atoms with Gasteiger partial charge in [-0.1, -0.05) is 24.3 Å². The molecular formula is C19H16F3N3O. The van der Waals surface area contributed by atoms with Gasteiger partial charge < -0.3 is 5.32 Å². The zero-order valence-electron chi connectivity index (χ0n) is 13.8. The molecule has 0 aliphatic heterocycles. The summed E-state index contributed by atoms with van der Waals surface area (Å²) in [5.74, 6) is -1.68. The number of pyridine rings is 1. The van der Waals surface area contributed by atoms with Gasteiger partial charge in [-0.05, 0) is 30.9 Å². The molecule has 0 bridgehead atoms. The van der Waals surface area contributed by atoms with Crippen LogP contribution in [0.4, 0.5) is 13.2 Å². The lowest BCUT2D eigenvalue weighted by Crippen LogP contribution is -2.24. The number of para-hydroxylation sites is 1. The predicted molar refractivity (Wildman–Crippen MR) is 91.1 cm³/mol. The number of halogens is 3. The molecule has 1 aliphatic carbocycles. The summed E-state index contributed by atoms with van der Waals surface area (Å²) in [7, 11) is 0.